The van der Waals surface area contributed by atoms with Gasteiger partial charge in [-0.3, -0.25) is 9.59 Å². The number of benzene rings is 1. The molecule has 0 unspecified atom stereocenters. The second kappa shape index (κ2) is 7.40. The summed E-state index contributed by atoms with van der Waals surface area (Å²) in [5.41, 5.74) is 1.04. The van der Waals surface area contributed by atoms with Crippen molar-refractivity contribution < 1.29 is 9.59 Å². The van der Waals surface area contributed by atoms with Crippen molar-refractivity contribution in [2.24, 2.45) is 0 Å². The minimum Gasteiger partial charge on any atom is -0.352 e. The summed E-state index contributed by atoms with van der Waals surface area (Å²) in [6.07, 6.45) is 1.94. The Morgan fingerprint density at radius 1 is 1.10 bits per heavy atom. The highest BCUT2D eigenvalue weighted by atomic mass is 32.1. The number of anilines is 1. The number of carbonyl (C=O) groups is 2. The lowest BCUT2D eigenvalue weighted by Crippen LogP contribution is -2.24. The van der Waals surface area contributed by atoms with Crippen LogP contribution in [0.25, 0.3) is 0 Å². The molecule has 2 aromatic rings. The second-order valence-corrected chi connectivity index (χ2v) is 5.04. The van der Waals surface area contributed by atoms with E-state index < -0.39 is 0 Å². The summed E-state index contributed by atoms with van der Waals surface area (Å²) >= 11 is 1.35. The predicted molar refractivity (Wildman–Crippen MR) is 78.3 cm³/mol. The maximum atomic E-state index is 11.6. The lowest BCUT2D eigenvalue weighted by Gasteiger charge is -2.05. The van der Waals surface area contributed by atoms with Crippen LogP contribution in [-0.4, -0.2) is 16.8 Å². The molecule has 2 amide bonds. The molecule has 1 aromatic heterocycles. The van der Waals surface area contributed by atoms with Crippen LogP contribution in [0.3, 0.4) is 0 Å². The average molecular weight is 289 g/mol. The number of thiazole rings is 1. The Labute approximate surface area is 121 Å². The van der Waals surface area contributed by atoms with Crippen LogP contribution in [0, 0.1) is 0 Å². The molecule has 2 N–H and O–H groups in total. The monoisotopic (exact) mass is 289 g/mol. The van der Waals surface area contributed by atoms with E-state index in [1.54, 1.807) is 11.6 Å². The lowest BCUT2D eigenvalue weighted by atomic mass is 10.2. The van der Waals surface area contributed by atoms with Gasteiger partial charge in [-0.2, -0.15) is 0 Å². The molecular weight excluding hydrogens is 274 g/mol. The van der Waals surface area contributed by atoms with Crippen LogP contribution in [0.2, 0.25) is 0 Å². The molecular formula is C14H15N3O2S. The summed E-state index contributed by atoms with van der Waals surface area (Å²) in [4.78, 5) is 27.1. The summed E-state index contributed by atoms with van der Waals surface area (Å²) in [5.74, 6) is -0.335. The molecule has 0 atom stereocenters. The molecule has 0 aliphatic carbocycles. The van der Waals surface area contributed by atoms with E-state index in [1.165, 1.54) is 11.3 Å². The first kappa shape index (κ1) is 14.2. The zero-order chi connectivity index (χ0) is 14.2. The molecule has 0 saturated carbocycles. The zero-order valence-corrected chi connectivity index (χ0v) is 11.7. The molecule has 0 saturated heterocycles. The van der Waals surface area contributed by atoms with E-state index in [2.05, 4.69) is 15.6 Å². The van der Waals surface area contributed by atoms with E-state index in [0.29, 0.717) is 11.7 Å². The van der Waals surface area contributed by atoms with Crippen molar-refractivity contribution in [2.75, 3.05) is 5.32 Å². The fourth-order valence-electron chi connectivity index (χ4n) is 1.58. The number of rotatable bonds is 6. The van der Waals surface area contributed by atoms with Crippen molar-refractivity contribution in [2.45, 2.75) is 19.4 Å². The molecule has 1 heterocycles. The van der Waals surface area contributed by atoms with Crippen LogP contribution >= 0.6 is 11.3 Å². The molecule has 20 heavy (non-hydrogen) atoms. The van der Waals surface area contributed by atoms with E-state index in [9.17, 15) is 9.59 Å². The van der Waals surface area contributed by atoms with E-state index in [-0.39, 0.29) is 24.7 Å². The molecule has 6 heteroatoms. The first-order valence-electron chi connectivity index (χ1n) is 6.24. The van der Waals surface area contributed by atoms with Crippen molar-refractivity contribution >= 4 is 28.3 Å². The largest absolute Gasteiger partial charge is 0.352 e. The van der Waals surface area contributed by atoms with Crippen molar-refractivity contribution in [3.05, 3.63) is 47.5 Å². The van der Waals surface area contributed by atoms with Gasteiger partial charge in [-0.25, -0.2) is 4.98 Å². The van der Waals surface area contributed by atoms with Crippen LogP contribution in [-0.2, 0) is 16.1 Å². The SMILES string of the molecule is O=C(CCC(=O)Nc1nccs1)NCc1ccccc1. The van der Waals surface area contributed by atoms with Gasteiger partial charge in [0.2, 0.25) is 11.8 Å². The third kappa shape index (κ3) is 4.81. The van der Waals surface area contributed by atoms with Gasteiger partial charge in [0.05, 0.1) is 0 Å². The van der Waals surface area contributed by atoms with Crippen LogP contribution in [0.15, 0.2) is 41.9 Å². The second-order valence-electron chi connectivity index (χ2n) is 4.15. The summed E-state index contributed by atoms with van der Waals surface area (Å²) in [7, 11) is 0. The van der Waals surface area contributed by atoms with Gasteiger partial charge >= 0.3 is 0 Å². The molecule has 0 aliphatic rings. The van der Waals surface area contributed by atoms with Crippen molar-refractivity contribution in [1.29, 1.82) is 0 Å². The first-order valence-corrected chi connectivity index (χ1v) is 7.12. The summed E-state index contributed by atoms with van der Waals surface area (Å²) in [6, 6.07) is 9.64. The van der Waals surface area contributed by atoms with Crippen LogP contribution in [0.5, 0.6) is 0 Å². The van der Waals surface area contributed by atoms with Crippen molar-refractivity contribution in [3.8, 4) is 0 Å². The third-order valence-corrected chi connectivity index (χ3v) is 3.28. The van der Waals surface area contributed by atoms with Gasteiger partial charge < -0.3 is 10.6 Å². The number of hydrogen-bond donors (Lipinski definition) is 2. The highest BCUT2D eigenvalue weighted by molar-refractivity contribution is 7.13. The van der Waals surface area contributed by atoms with E-state index in [1.807, 2.05) is 30.3 Å². The minimum atomic E-state index is -0.199. The van der Waals surface area contributed by atoms with Gasteiger partial charge in [-0.15, -0.1) is 11.3 Å². The number of carbonyl (C=O) groups excluding carboxylic acids is 2. The normalized spacial score (nSPS) is 10.0. The Morgan fingerprint density at radius 2 is 1.85 bits per heavy atom. The molecule has 0 spiro atoms. The molecule has 2 rings (SSSR count). The maximum absolute atomic E-state index is 11.6. The average Bonchev–Trinajstić information content (AvgIpc) is 2.97. The number of amides is 2. The highest BCUT2D eigenvalue weighted by Crippen LogP contribution is 2.10. The third-order valence-electron chi connectivity index (χ3n) is 2.59. The highest BCUT2D eigenvalue weighted by Gasteiger charge is 2.08. The predicted octanol–water partition coefficient (Wildman–Crippen LogP) is 2.18. The number of hydrogen-bond acceptors (Lipinski definition) is 4. The number of nitrogens with zero attached hydrogens (tertiary/aromatic N) is 1. The fourth-order valence-corrected chi connectivity index (χ4v) is 2.12. The maximum Gasteiger partial charge on any atom is 0.226 e. The van der Waals surface area contributed by atoms with Crippen LogP contribution < -0.4 is 10.6 Å². The van der Waals surface area contributed by atoms with Crippen molar-refractivity contribution in [3.63, 3.8) is 0 Å². The standard InChI is InChI=1S/C14H15N3O2S/c18-12(16-10-11-4-2-1-3-5-11)6-7-13(19)17-14-15-8-9-20-14/h1-5,8-9H,6-7,10H2,(H,16,18)(H,15,17,19). The topological polar surface area (TPSA) is 71.1 Å². The smallest absolute Gasteiger partial charge is 0.226 e. The summed E-state index contributed by atoms with van der Waals surface area (Å²) in [6.45, 7) is 0.480. The fraction of sp³-hybridized carbons (Fsp3) is 0.214. The van der Waals surface area contributed by atoms with E-state index >= 15 is 0 Å². The quantitative estimate of drug-likeness (QED) is 0.856. The molecule has 0 fully saturated rings. The van der Waals surface area contributed by atoms with Gasteiger partial charge in [-0.1, -0.05) is 30.3 Å². The van der Waals surface area contributed by atoms with Gasteiger partial charge in [0, 0.05) is 31.0 Å². The molecule has 0 aliphatic heterocycles. The Hall–Kier alpha value is -2.21. The Morgan fingerprint density at radius 3 is 2.55 bits per heavy atom. The summed E-state index contributed by atoms with van der Waals surface area (Å²) < 4.78 is 0. The Bertz CT molecular complexity index is 555. The lowest BCUT2D eigenvalue weighted by molar-refractivity contribution is -0.124. The molecule has 0 radical (unpaired) electrons. The number of nitrogens with one attached hydrogen (secondary N) is 2. The van der Waals surface area contributed by atoms with Gasteiger partial charge in [0.1, 0.15) is 0 Å². The molecule has 1 aromatic carbocycles. The van der Waals surface area contributed by atoms with Gasteiger partial charge in [-0.05, 0) is 5.56 Å². The number of aromatic nitrogens is 1. The van der Waals surface area contributed by atoms with Gasteiger partial charge in [0.25, 0.3) is 0 Å². The van der Waals surface area contributed by atoms with Crippen LogP contribution in [0.4, 0.5) is 5.13 Å². The molecule has 5 nitrogen and oxygen atoms in total. The first-order chi connectivity index (χ1) is 9.74. The zero-order valence-electron chi connectivity index (χ0n) is 10.8. The van der Waals surface area contributed by atoms with E-state index in [4.69, 9.17) is 0 Å². The molecule has 104 valence electrons. The minimum absolute atomic E-state index is 0.136. The Balaban J connectivity index is 1.66. The van der Waals surface area contributed by atoms with E-state index in [0.717, 1.165) is 5.56 Å². The van der Waals surface area contributed by atoms with Crippen LogP contribution in [0.1, 0.15) is 18.4 Å². The van der Waals surface area contributed by atoms with Crippen molar-refractivity contribution in [1.82, 2.24) is 10.3 Å². The molecule has 0 bridgehead atoms. The van der Waals surface area contributed by atoms with Gasteiger partial charge in [0.15, 0.2) is 5.13 Å². The summed E-state index contributed by atoms with van der Waals surface area (Å²) in [5, 5.41) is 7.76. The Kier molecular flexibility index (Phi) is 5.25.